The first-order chi connectivity index (χ1) is 10.2. The molecule has 0 N–H and O–H groups in total. The van der Waals surface area contributed by atoms with Crippen molar-refractivity contribution in [1.29, 1.82) is 0 Å². The standard InChI is InChI=1S/C15H13Cl2N3S/c1-2-20-12-6-4-3-5-11(12)18-15(20)21-9-10-7-13(16)19-14(17)8-10/h3-8H,2,9H2,1H3. The van der Waals surface area contributed by atoms with E-state index in [1.165, 1.54) is 0 Å². The zero-order valence-electron chi connectivity index (χ0n) is 11.4. The molecule has 108 valence electrons. The minimum atomic E-state index is 0.419. The molecule has 0 radical (unpaired) electrons. The third-order valence-corrected chi connectivity index (χ3v) is 4.56. The molecule has 0 saturated heterocycles. The van der Waals surface area contributed by atoms with E-state index in [1.54, 1.807) is 11.8 Å². The summed E-state index contributed by atoms with van der Waals surface area (Å²) in [6, 6.07) is 11.8. The Morgan fingerprint density at radius 1 is 1.10 bits per heavy atom. The molecule has 3 nitrogen and oxygen atoms in total. The topological polar surface area (TPSA) is 30.7 Å². The van der Waals surface area contributed by atoms with Crippen LogP contribution >= 0.6 is 35.0 Å². The van der Waals surface area contributed by atoms with Crippen LogP contribution in [0.4, 0.5) is 0 Å². The lowest BCUT2D eigenvalue weighted by atomic mass is 10.3. The van der Waals surface area contributed by atoms with Crippen LogP contribution in [0.5, 0.6) is 0 Å². The van der Waals surface area contributed by atoms with Gasteiger partial charge in [-0.15, -0.1) is 0 Å². The number of imidazole rings is 1. The Labute approximate surface area is 137 Å². The number of pyridine rings is 1. The van der Waals surface area contributed by atoms with E-state index >= 15 is 0 Å². The van der Waals surface area contributed by atoms with Crippen LogP contribution in [-0.2, 0) is 12.3 Å². The summed E-state index contributed by atoms with van der Waals surface area (Å²) in [4.78, 5) is 8.65. The smallest absolute Gasteiger partial charge is 0.169 e. The van der Waals surface area contributed by atoms with Crippen molar-refractivity contribution in [2.45, 2.75) is 24.4 Å². The lowest BCUT2D eigenvalue weighted by Crippen LogP contribution is -1.96. The maximum atomic E-state index is 5.93. The molecule has 0 aliphatic carbocycles. The van der Waals surface area contributed by atoms with Crippen LogP contribution in [0.2, 0.25) is 10.3 Å². The third kappa shape index (κ3) is 3.18. The summed E-state index contributed by atoms with van der Waals surface area (Å²) in [5.74, 6) is 0.755. The third-order valence-electron chi connectivity index (χ3n) is 3.13. The van der Waals surface area contributed by atoms with Crippen molar-refractivity contribution in [1.82, 2.24) is 14.5 Å². The highest BCUT2D eigenvalue weighted by Gasteiger charge is 2.10. The largest absolute Gasteiger partial charge is 0.319 e. The quantitative estimate of drug-likeness (QED) is 0.493. The van der Waals surface area contributed by atoms with E-state index in [2.05, 4.69) is 27.5 Å². The first kappa shape index (κ1) is 14.7. The van der Waals surface area contributed by atoms with Gasteiger partial charge >= 0.3 is 0 Å². The molecule has 3 aromatic rings. The Morgan fingerprint density at radius 2 is 1.81 bits per heavy atom. The zero-order valence-corrected chi connectivity index (χ0v) is 13.7. The fourth-order valence-corrected chi connectivity index (χ4v) is 3.73. The Kier molecular flexibility index (Phi) is 4.38. The molecule has 21 heavy (non-hydrogen) atoms. The number of fused-ring (bicyclic) bond motifs is 1. The molecule has 2 aromatic heterocycles. The summed E-state index contributed by atoms with van der Waals surface area (Å²) < 4.78 is 2.21. The molecule has 1 aromatic carbocycles. The normalized spacial score (nSPS) is 11.2. The van der Waals surface area contributed by atoms with Gasteiger partial charge in [0.25, 0.3) is 0 Å². The van der Waals surface area contributed by atoms with E-state index in [0.29, 0.717) is 10.3 Å². The van der Waals surface area contributed by atoms with Crippen LogP contribution in [0.3, 0.4) is 0 Å². The summed E-state index contributed by atoms with van der Waals surface area (Å²) in [5, 5.41) is 1.84. The number of aromatic nitrogens is 3. The minimum absolute atomic E-state index is 0.419. The molecule has 3 rings (SSSR count). The average Bonchev–Trinajstić information content (AvgIpc) is 2.81. The van der Waals surface area contributed by atoms with E-state index < -0.39 is 0 Å². The summed E-state index contributed by atoms with van der Waals surface area (Å²) in [5.41, 5.74) is 3.22. The molecule has 0 fully saturated rings. The van der Waals surface area contributed by atoms with Gasteiger partial charge in [-0.1, -0.05) is 47.1 Å². The Balaban J connectivity index is 1.88. The number of aryl methyl sites for hydroxylation is 1. The minimum Gasteiger partial charge on any atom is -0.319 e. The molecular weight excluding hydrogens is 325 g/mol. The first-order valence-electron chi connectivity index (χ1n) is 6.57. The number of halogens is 2. The second-order valence-corrected chi connectivity index (χ2v) is 6.25. The van der Waals surface area contributed by atoms with Gasteiger partial charge in [0.15, 0.2) is 5.16 Å². The SMILES string of the molecule is CCn1c(SCc2cc(Cl)nc(Cl)c2)nc2ccccc21. The summed E-state index contributed by atoms with van der Waals surface area (Å²) in [6.45, 7) is 3.01. The average molecular weight is 338 g/mol. The molecule has 0 amide bonds. The Hall–Kier alpha value is -1.23. The highest BCUT2D eigenvalue weighted by Crippen LogP contribution is 2.28. The Bertz CT molecular complexity index is 765. The number of benzene rings is 1. The molecule has 0 saturated carbocycles. The highest BCUT2D eigenvalue weighted by molar-refractivity contribution is 7.98. The van der Waals surface area contributed by atoms with E-state index in [1.807, 2.05) is 30.3 Å². The summed E-state index contributed by atoms with van der Waals surface area (Å²) in [7, 11) is 0. The molecule has 6 heteroatoms. The van der Waals surface area contributed by atoms with Gasteiger partial charge in [-0.3, -0.25) is 0 Å². The number of hydrogen-bond acceptors (Lipinski definition) is 3. The van der Waals surface area contributed by atoms with Crippen LogP contribution < -0.4 is 0 Å². The van der Waals surface area contributed by atoms with Gasteiger partial charge < -0.3 is 4.57 Å². The lowest BCUT2D eigenvalue weighted by molar-refractivity contribution is 0.702. The number of nitrogens with zero attached hydrogens (tertiary/aromatic N) is 3. The number of thioether (sulfide) groups is 1. The highest BCUT2D eigenvalue weighted by atomic mass is 35.5. The summed E-state index contributed by atoms with van der Waals surface area (Å²) in [6.07, 6.45) is 0. The zero-order chi connectivity index (χ0) is 14.8. The second-order valence-electron chi connectivity index (χ2n) is 4.54. The van der Waals surface area contributed by atoms with Crippen molar-refractivity contribution < 1.29 is 0 Å². The molecule has 0 bridgehead atoms. The van der Waals surface area contributed by atoms with E-state index in [9.17, 15) is 0 Å². The van der Waals surface area contributed by atoms with E-state index in [-0.39, 0.29) is 0 Å². The van der Waals surface area contributed by atoms with Crippen molar-refractivity contribution in [2.24, 2.45) is 0 Å². The van der Waals surface area contributed by atoms with Gasteiger partial charge in [0, 0.05) is 12.3 Å². The van der Waals surface area contributed by atoms with Crippen molar-refractivity contribution in [2.75, 3.05) is 0 Å². The molecule has 0 aliphatic heterocycles. The van der Waals surface area contributed by atoms with Gasteiger partial charge in [-0.05, 0) is 36.8 Å². The number of para-hydroxylation sites is 2. The monoisotopic (exact) mass is 337 g/mol. The van der Waals surface area contributed by atoms with Gasteiger partial charge in [0.2, 0.25) is 0 Å². The number of hydrogen-bond donors (Lipinski definition) is 0. The second kappa shape index (κ2) is 6.26. The van der Waals surface area contributed by atoms with E-state index in [4.69, 9.17) is 23.2 Å². The van der Waals surface area contributed by atoms with Gasteiger partial charge in [0.05, 0.1) is 11.0 Å². The van der Waals surface area contributed by atoms with Crippen molar-refractivity contribution in [3.63, 3.8) is 0 Å². The maximum absolute atomic E-state index is 5.93. The fraction of sp³-hybridized carbons (Fsp3) is 0.200. The van der Waals surface area contributed by atoms with Crippen LogP contribution in [-0.4, -0.2) is 14.5 Å². The molecular formula is C15H13Cl2N3S. The van der Waals surface area contributed by atoms with Crippen molar-refractivity contribution in [3.8, 4) is 0 Å². The summed E-state index contributed by atoms with van der Waals surface area (Å²) >= 11 is 13.5. The van der Waals surface area contributed by atoms with Gasteiger partial charge in [0.1, 0.15) is 10.3 Å². The molecule has 2 heterocycles. The molecule has 0 spiro atoms. The molecule has 0 aliphatic rings. The molecule has 0 unspecified atom stereocenters. The fourth-order valence-electron chi connectivity index (χ4n) is 2.21. The van der Waals surface area contributed by atoms with Crippen molar-refractivity contribution >= 4 is 46.0 Å². The van der Waals surface area contributed by atoms with Gasteiger partial charge in [-0.25, -0.2) is 9.97 Å². The molecule has 0 atom stereocenters. The first-order valence-corrected chi connectivity index (χ1v) is 8.31. The maximum Gasteiger partial charge on any atom is 0.169 e. The van der Waals surface area contributed by atoms with Gasteiger partial charge in [-0.2, -0.15) is 0 Å². The van der Waals surface area contributed by atoms with Crippen LogP contribution in [0.25, 0.3) is 11.0 Å². The predicted molar refractivity (Wildman–Crippen MR) is 89.2 cm³/mol. The lowest BCUT2D eigenvalue weighted by Gasteiger charge is -2.06. The van der Waals surface area contributed by atoms with Crippen LogP contribution in [0, 0.1) is 0 Å². The number of rotatable bonds is 4. The van der Waals surface area contributed by atoms with E-state index in [0.717, 1.165) is 34.1 Å². The Morgan fingerprint density at radius 3 is 2.52 bits per heavy atom. The van der Waals surface area contributed by atoms with Crippen LogP contribution in [0.15, 0.2) is 41.6 Å². The predicted octanol–water partition coefficient (Wildman–Crippen LogP) is 5.05. The van der Waals surface area contributed by atoms with Crippen LogP contribution in [0.1, 0.15) is 12.5 Å². The van der Waals surface area contributed by atoms with Crippen molar-refractivity contribution in [3.05, 3.63) is 52.3 Å².